The molecule has 0 aliphatic heterocycles. The van der Waals surface area contributed by atoms with Crippen LogP contribution in [0, 0.1) is 6.92 Å². The molecular formula is C26H36N2O3. The third kappa shape index (κ3) is 7.74. The highest BCUT2D eigenvalue weighted by Gasteiger charge is 2.26. The molecule has 0 aliphatic rings. The van der Waals surface area contributed by atoms with E-state index >= 15 is 0 Å². The van der Waals surface area contributed by atoms with E-state index in [9.17, 15) is 9.59 Å². The number of benzene rings is 2. The van der Waals surface area contributed by atoms with Crippen LogP contribution in [0.1, 0.15) is 63.1 Å². The second-order valence-electron chi connectivity index (χ2n) is 8.34. The van der Waals surface area contributed by atoms with E-state index in [0.717, 1.165) is 24.0 Å². The van der Waals surface area contributed by atoms with Crippen LogP contribution in [0.4, 0.5) is 0 Å². The lowest BCUT2D eigenvalue weighted by molar-refractivity contribution is -0.142. The number of nitrogens with zero attached hydrogens (tertiary/aromatic N) is 1. The van der Waals surface area contributed by atoms with E-state index in [1.165, 1.54) is 5.56 Å². The largest absolute Gasteiger partial charge is 0.484 e. The summed E-state index contributed by atoms with van der Waals surface area (Å²) in [4.78, 5) is 27.3. The fraction of sp³-hybridized carbons (Fsp3) is 0.462. The molecule has 2 aromatic carbocycles. The van der Waals surface area contributed by atoms with Crippen LogP contribution in [0.2, 0.25) is 0 Å². The highest BCUT2D eigenvalue weighted by Crippen LogP contribution is 2.19. The smallest absolute Gasteiger partial charge is 0.261 e. The predicted octanol–water partition coefficient (Wildman–Crippen LogP) is 4.83. The first-order chi connectivity index (χ1) is 14.8. The average Bonchev–Trinajstić information content (AvgIpc) is 2.75. The van der Waals surface area contributed by atoms with E-state index < -0.39 is 6.04 Å². The molecule has 1 atom stereocenters. The molecule has 0 aromatic heterocycles. The Morgan fingerprint density at radius 2 is 1.77 bits per heavy atom. The number of aryl methyl sites for hydroxylation is 1. The Morgan fingerprint density at radius 3 is 2.39 bits per heavy atom. The second kappa shape index (κ2) is 12.1. The van der Waals surface area contributed by atoms with Gasteiger partial charge in [-0.3, -0.25) is 9.59 Å². The summed E-state index contributed by atoms with van der Waals surface area (Å²) < 4.78 is 5.75. The number of hydrogen-bond donors (Lipinski definition) is 1. The van der Waals surface area contributed by atoms with Crippen molar-refractivity contribution in [3.8, 4) is 5.75 Å². The van der Waals surface area contributed by atoms with Crippen LogP contribution in [-0.4, -0.2) is 35.9 Å². The van der Waals surface area contributed by atoms with Gasteiger partial charge in [0.1, 0.15) is 11.8 Å². The quantitative estimate of drug-likeness (QED) is 0.526. The maximum atomic E-state index is 13.1. The zero-order valence-corrected chi connectivity index (χ0v) is 19.5. The van der Waals surface area contributed by atoms with Crippen LogP contribution in [0.5, 0.6) is 5.75 Å². The van der Waals surface area contributed by atoms with Crippen molar-refractivity contribution in [2.45, 2.75) is 66.0 Å². The van der Waals surface area contributed by atoms with Crippen molar-refractivity contribution in [2.75, 3.05) is 13.2 Å². The molecule has 5 heteroatoms. The lowest BCUT2D eigenvalue weighted by atomic mass is 10.0. The molecule has 0 heterocycles. The Labute approximate surface area is 186 Å². The zero-order chi connectivity index (χ0) is 22.8. The number of unbranched alkanes of at least 4 members (excludes halogenated alkanes) is 1. The molecule has 0 bridgehead atoms. The first kappa shape index (κ1) is 24.4. The molecule has 168 valence electrons. The number of carbonyl (C=O) groups excluding carboxylic acids is 2. The molecule has 0 aliphatic carbocycles. The van der Waals surface area contributed by atoms with E-state index in [4.69, 9.17) is 4.74 Å². The van der Waals surface area contributed by atoms with Crippen LogP contribution >= 0.6 is 0 Å². The number of hydrogen-bond acceptors (Lipinski definition) is 3. The standard InChI is InChI=1S/C26H36N2O3/c1-6-7-15-27-26(30)21(5)28(17-22-10-8-9-20(4)16-22)25(29)18-31-24-13-11-23(12-14-24)19(2)3/h8-14,16,19,21H,6-7,15,17-18H2,1-5H3,(H,27,30)/t21-/m0/s1. The topological polar surface area (TPSA) is 58.6 Å². The van der Waals surface area contributed by atoms with Crippen molar-refractivity contribution in [1.29, 1.82) is 0 Å². The van der Waals surface area contributed by atoms with Crippen molar-refractivity contribution in [3.63, 3.8) is 0 Å². The summed E-state index contributed by atoms with van der Waals surface area (Å²) in [6, 6.07) is 15.2. The summed E-state index contributed by atoms with van der Waals surface area (Å²) in [5, 5.41) is 2.93. The van der Waals surface area contributed by atoms with Gasteiger partial charge in [0.25, 0.3) is 5.91 Å². The SMILES string of the molecule is CCCCNC(=O)[C@H](C)N(Cc1cccc(C)c1)C(=O)COc1ccc(C(C)C)cc1. The number of ether oxygens (including phenoxy) is 1. The van der Waals surface area contributed by atoms with E-state index in [0.29, 0.717) is 24.8 Å². The third-order valence-corrected chi connectivity index (χ3v) is 5.34. The molecule has 5 nitrogen and oxygen atoms in total. The Bertz CT molecular complexity index is 846. The van der Waals surface area contributed by atoms with Gasteiger partial charge in [-0.1, -0.05) is 69.2 Å². The van der Waals surface area contributed by atoms with Gasteiger partial charge in [0, 0.05) is 13.1 Å². The Balaban J connectivity index is 2.09. The van der Waals surface area contributed by atoms with Gasteiger partial charge in [-0.25, -0.2) is 0 Å². The summed E-state index contributed by atoms with van der Waals surface area (Å²) in [6.07, 6.45) is 1.92. The fourth-order valence-electron chi connectivity index (χ4n) is 3.30. The maximum absolute atomic E-state index is 13.1. The molecule has 31 heavy (non-hydrogen) atoms. The predicted molar refractivity (Wildman–Crippen MR) is 125 cm³/mol. The highest BCUT2D eigenvalue weighted by molar-refractivity contribution is 5.87. The minimum atomic E-state index is -0.586. The lowest BCUT2D eigenvalue weighted by Crippen LogP contribution is -2.49. The minimum Gasteiger partial charge on any atom is -0.484 e. The highest BCUT2D eigenvalue weighted by atomic mass is 16.5. The summed E-state index contributed by atoms with van der Waals surface area (Å²) in [5.74, 6) is 0.726. The summed E-state index contributed by atoms with van der Waals surface area (Å²) in [6.45, 7) is 11.0. The molecule has 0 radical (unpaired) electrons. The monoisotopic (exact) mass is 424 g/mol. The van der Waals surface area contributed by atoms with Gasteiger partial charge < -0.3 is 15.0 Å². The summed E-state index contributed by atoms with van der Waals surface area (Å²) in [5.41, 5.74) is 3.33. The number of carbonyl (C=O) groups is 2. The van der Waals surface area contributed by atoms with Crippen molar-refractivity contribution in [2.24, 2.45) is 0 Å². The maximum Gasteiger partial charge on any atom is 0.261 e. The molecule has 0 saturated carbocycles. The first-order valence-corrected chi connectivity index (χ1v) is 11.2. The van der Waals surface area contributed by atoms with Gasteiger partial charge in [0.05, 0.1) is 0 Å². The molecule has 2 aromatic rings. The van der Waals surface area contributed by atoms with Crippen LogP contribution in [0.3, 0.4) is 0 Å². The van der Waals surface area contributed by atoms with Gasteiger partial charge in [0.15, 0.2) is 6.61 Å². The molecule has 1 N–H and O–H groups in total. The minimum absolute atomic E-state index is 0.112. The Kier molecular flexibility index (Phi) is 9.57. The van der Waals surface area contributed by atoms with Crippen LogP contribution in [0.25, 0.3) is 0 Å². The molecule has 0 saturated heterocycles. The van der Waals surface area contributed by atoms with Crippen molar-refractivity contribution in [1.82, 2.24) is 10.2 Å². The van der Waals surface area contributed by atoms with Gasteiger partial charge in [-0.2, -0.15) is 0 Å². The molecular weight excluding hydrogens is 388 g/mol. The Hall–Kier alpha value is -2.82. The average molecular weight is 425 g/mol. The molecule has 2 rings (SSSR count). The molecule has 2 amide bonds. The number of nitrogens with one attached hydrogen (secondary N) is 1. The van der Waals surface area contributed by atoms with Gasteiger partial charge >= 0.3 is 0 Å². The van der Waals surface area contributed by atoms with E-state index in [1.807, 2.05) is 55.5 Å². The van der Waals surface area contributed by atoms with Crippen molar-refractivity contribution < 1.29 is 14.3 Å². The summed E-state index contributed by atoms with van der Waals surface area (Å²) >= 11 is 0. The van der Waals surface area contributed by atoms with E-state index in [1.54, 1.807) is 11.8 Å². The first-order valence-electron chi connectivity index (χ1n) is 11.2. The van der Waals surface area contributed by atoms with Gasteiger partial charge in [-0.05, 0) is 49.4 Å². The van der Waals surface area contributed by atoms with Crippen LogP contribution in [-0.2, 0) is 16.1 Å². The van der Waals surface area contributed by atoms with E-state index in [-0.39, 0.29) is 18.4 Å². The summed E-state index contributed by atoms with van der Waals surface area (Å²) in [7, 11) is 0. The lowest BCUT2D eigenvalue weighted by Gasteiger charge is -2.29. The molecule has 0 unspecified atom stereocenters. The molecule has 0 fully saturated rings. The zero-order valence-electron chi connectivity index (χ0n) is 19.5. The second-order valence-corrected chi connectivity index (χ2v) is 8.34. The van der Waals surface area contributed by atoms with Gasteiger partial charge in [-0.15, -0.1) is 0 Å². The van der Waals surface area contributed by atoms with Crippen LogP contribution < -0.4 is 10.1 Å². The van der Waals surface area contributed by atoms with Crippen molar-refractivity contribution in [3.05, 3.63) is 65.2 Å². The van der Waals surface area contributed by atoms with Gasteiger partial charge in [0.2, 0.25) is 5.91 Å². The fourth-order valence-corrected chi connectivity index (χ4v) is 3.30. The third-order valence-electron chi connectivity index (χ3n) is 5.34. The number of amides is 2. The normalized spacial score (nSPS) is 11.8. The number of rotatable bonds is 11. The van der Waals surface area contributed by atoms with Crippen molar-refractivity contribution >= 4 is 11.8 Å². The van der Waals surface area contributed by atoms with Crippen LogP contribution in [0.15, 0.2) is 48.5 Å². The Morgan fingerprint density at radius 1 is 1.06 bits per heavy atom. The van der Waals surface area contributed by atoms with E-state index in [2.05, 4.69) is 26.1 Å². The molecule has 0 spiro atoms.